The molecule has 0 aromatic carbocycles. The SMILES string of the molecule is CC1SCCN(c2cnccc2C(=N)N)C1C. The van der Waals surface area contributed by atoms with Gasteiger partial charge in [0.15, 0.2) is 0 Å². The van der Waals surface area contributed by atoms with Crippen molar-refractivity contribution in [3.05, 3.63) is 24.0 Å². The standard InChI is InChI=1S/C12H18N4S/c1-8-9(2)17-6-5-16(8)11-7-15-4-3-10(11)12(13)14/h3-4,7-9H,5-6H2,1-2H3,(H3,13,14). The number of pyridine rings is 1. The molecule has 2 atom stereocenters. The van der Waals surface area contributed by atoms with Gasteiger partial charge in [0.25, 0.3) is 0 Å². The first-order valence-corrected chi connectivity index (χ1v) is 6.82. The monoisotopic (exact) mass is 250 g/mol. The largest absolute Gasteiger partial charge is 0.384 e. The first-order valence-electron chi connectivity index (χ1n) is 5.78. The van der Waals surface area contributed by atoms with E-state index in [1.54, 1.807) is 6.20 Å². The van der Waals surface area contributed by atoms with Crippen molar-refractivity contribution >= 4 is 23.3 Å². The maximum absolute atomic E-state index is 7.63. The molecule has 1 aliphatic heterocycles. The molecule has 4 nitrogen and oxygen atoms in total. The van der Waals surface area contributed by atoms with Crippen LogP contribution in [0.15, 0.2) is 18.5 Å². The van der Waals surface area contributed by atoms with E-state index < -0.39 is 0 Å². The number of nitrogen functional groups attached to an aromatic ring is 1. The second-order valence-electron chi connectivity index (χ2n) is 4.32. The van der Waals surface area contributed by atoms with E-state index >= 15 is 0 Å². The van der Waals surface area contributed by atoms with Gasteiger partial charge in [-0.3, -0.25) is 10.4 Å². The van der Waals surface area contributed by atoms with Crippen LogP contribution in [-0.4, -0.2) is 34.4 Å². The lowest BCUT2D eigenvalue weighted by Gasteiger charge is -2.39. The molecule has 1 fully saturated rings. The molecule has 1 saturated heterocycles. The Hall–Kier alpha value is -1.23. The fourth-order valence-corrected chi connectivity index (χ4v) is 3.22. The minimum atomic E-state index is 0.112. The predicted octanol–water partition coefficient (Wildman–Crippen LogP) is 1.70. The van der Waals surface area contributed by atoms with Crippen LogP contribution in [0.5, 0.6) is 0 Å². The summed E-state index contributed by atoms with van der Waals surface area (Å²) in [4.78, 5) is 6.47. The summed E-state index contributed by atoms with van der Waals surface area (Å²) in [6.45, 7) is 5.45. The number of anilines is 1. The number of aromatic nitrogens is 1. The molecule has 0 saturated carbocycles. The van der Waals surface area contributed by atoms with Crippen molar-refractivity contribution in [2.75, 3.05) is 17.2 Å². The summed E-state index contributed by atoms with van der Waals surface area (Å²) < 4.78 is 0. The van der Waals surface area contributed by atoms with Gasteiger partial charge >= 0.3 is 0 Å². The molecule has 1 aromatic heterocycles. The van der Waals surface area contributed by atoms with Gasteiger partial charge in [0.1, 0.15) is 5.84 Å². The van der Waals surface area contributed by atoms with E-state index in [0.29, 0.717) is 11.3 Å². The molecule has 17 heavy (non-hydrogen) atoms. The van der Waals surface area contributed by atoms with Gasteiger partial charge in [-0.1, -0.05) is 6.92 Å². The number of nitrogens with zero attached hydrogens (tertiary/aromatic N) is 2. The second kappa shape index (κ2) is 4.96. The average molecular weight is 250 g/mol. The molecule has 1 aromatic rings. The molecule has 0 radical (unpaired) electrons. The number of nitrogens with two attached hydrogens (primary N) is 1. The van der Waals surface area contributed by atoms with Gasteiger partial charge in [-0.05, 0) is 13.0 Å². The van der Waals surface area contributed by atoms with E-state index in [-0.39, 0.29) is 5.84 Å². The molecule has 1 aliphatic rings. The van der Waals surface area contributed by atoms with Gasteiger partial charge in [-0.15, -0.1) is 0 Å². The summed E-state index contributed by atoms with van der Waals surface area (Å²) in [7, 11) is 0. The van der Waals surface area contributed by atoms with Crippen LogP contribution in [0.25, 0.3) is 0 Å². The van der Waals surface area contributed by atoms with Crippen LogP contribution in [0.4, 0.5) is 5.69 Å². The minimum absolute atomic E-state index is 0.112. The Morgan fingerprint density at radius 3 is 3.06 bits per heavy atom. The maximum atomic E-state index is 7.63. The number of amidine groups is 1. The zero-order valence-corrected chi connectivity index (χ0v) is 11.0. The number of rotatable bonds is 2. The molecule has 2 heterocycles. The zero-order valence-electron chi connectivity index (χ0n) is 10.2. The van der Waals surface area contributed by atoms with E-state index in [1.807, 2.05) is 24.0 Å². The highest BCUT2D eigenvalue weighted by atomic mass is 32.2. The van der Waals surface area contributed by atoms with E-state index in [0.717, 1.165) is 23.5 Å². The molecule has 0 amide bonds. The van der Waals surface area contributed by atoms with E-state index in [9.17, 15) is 0 Å². The van der Waals surface area contributed by atoms with Crippen molar-refractivity contribution < 1.29 is 0 Å². The van der Waals surface area contributed by atoms with Gasteiger partial charge in [-0.2, -0.15) is 11.8 Å². The van der Waals surface area contributed by atoms with Crippen LogP contribution < -0.4 is 10.6 Å². The lowest BCUT2D eigenvalue weighted by atomic mass is 10.1. The third-order valence-corrected chi connectivity index (χ3v) is 4.62. The molecule has 5 heteroatoms. The zero-order chi connectivity index (χ0) is 12.4. The second-order valence-corrected chi connectivity index (χ2v) is 5.80. The van der Waals surface area contributed by atoms with E-state index in [4.69, 9.17) is 11.1 Å². The smallest absolute Gasteiger partial charge is 0.125 e. The molecular weight excluding hydrogens is 232 g/mol. The van der Waals surface area contributed by atoms with Crippen LogP contribution in [0.2, 0.25) is 0 Å². The summed E-state index contributed by atoms with van der Waals surface area (Å²) in [5.41, 5.74) is 7.39. The summed E-state index contributed by atoms with van der Waals surface area (Å²) >= 11 is 1.99. The van der Waals surface area contributed by atoms with Crippen LogP contribution in [0.3, 0.4) is 0 Å². The molecule has 0 spiro atoms. The third kappa shape index (κ3) is 2.39. The van der Waals surface area contributed by atoms with Crippen LogP contribution in [-0.2, 0) is 0 Å². The lowest BCUT2D eigenvalue weighted by molar-refractivity contribution is 0.626. The van der Waals surface area contributed by atoms with E-state index in [1.165, 1.54) is 0 Å². The van der Waals surface area contributed by atoms with Crippen LogP contribution in [0.1, 0.15) is 19.4 Å². The molecule has 92 valence electrons. The minimum Gasteiger partial charge on any atom is -0.384 e. The Balaban J connectivity index is 2.36. The first kappa shape index (κ1) is 12.2. The fourth-order valence-electron chi connectivity index (χ4n) is 2.12. The predicted molar refractivity (Wildman–Crippen MR) is 74.0 cm³/mol. The van der Waals surface area contributed by atoms with Gasteiger partial charge in [0.05, 0.1) is 11.9 Å². The fraction of sp³-hybridized carbons (Fsp3) is 0.500. The van der Waals surface area contributed by atoms with Crippen molar-refractivity contribution in [3.8, 4) is 0 Å². The van der Waals surface area contributed by atoms with Gasteiger partial charge in [0, 0.05) is 35.3 Å². The molecule has 0 aliphatic carbocycles. The average Bonchev–Trinajstić information content (AvgIpc) is 2.33. The Kier molecular flexibility index (Phi) is 3.57. The topological polar surface area (TPSA) is 66.0 Å². The normalized spacial score (nSPS) is 24.7. The van der Waals surface area contributed by atoms with Crippen molar-refractivity contribution in [1.82, 2.24) is 4.98 Å². The Labute approximate surface area is 106 Å². The van der Waals surface area contributed by atoms with Crippen molar-refractivity contribution in [1.29, 1.82) is 5.41 Å². The van der Waals surface area contributed by atoms with Gasteiger partial charge in [0.2, 0.25) is 0 Å². The van der Waals surface area contributed by atoms with E-state index in [2.05, 4.69) is 23.7 Å². The summed E-state index contributed by atoms with van der Waals surface area (Å²) in [6, 6.07) is 2.26. The van der Waals surface area contributed by atoms with Gasteiger partial charge in [-0.25, -0.2) is 0 Å². The highest BCUT2D eigenvalue weighted by Crippen LogP contribution is 2.30. The molecule has 2 unspecified atom stereocenters. The molecule has 3 N–H and O–H groups in total. The maximum Gasteiger partial charge on any atom is 0.125 e. The third-order valence-electron chi connectivity index (χ3n) is 3.28. The number of thioether (sulfide) groups is 1. The molecule has 2 rings (SSSR count). The first-order chi connectivity index (χ1) is 8.11. The molecular formula is C12H18N4S. The van der Waals surface area contributed by atoms with Crippen molar-refractivity contribution in [2.45, 2.75) is 25.1 Å². The van der Waals surface area contributed by atoms with Gasteiger partial charge < -0.3 is 10.6 Å². The Bertz CT molecular complexity index is 421. The number of hydrogen-bond donors (Lipinski definition) is 2. The lowest BCUT2D eigenvalue weighted by Crippen LogP contribution is -2.45. The highest BCUT2D eigenvalue weighted by Gasteiger charge is 2.27. The van der Waals surface area contributed by atoms with Crippen LogP contribution >= 0.6 is 11.8 Å². The number of hydrogen-bond acceptors (Lipinski definition) is 4. The van der Waals surface area contributed by atoms with Crippen LogP contribution in [0, 0.1) is 5.41 Å². The Morgan fingerprint density at radius 1 is 1.59 bits per heavy atom. The highest BCUT2D eigenvalue weighted by molar-refractivity contribution is 8.00. The molecule has 0 bridgehead atoms. The summed E-state index contributed by atoms with van der Waals surface area (Å²) in [6.07, 6.45) is 3.50. The summed E-state index contributed by atoms with van der Waals surface area (Å²) in [5, 5.41) is 8.22. The quantitative estimate of drug-likeness (QED) is 0.619. The number of nitrogens with one attached hydrogen (secondary N) is 1. The Morgan fingerprint density at radius 2 is 2.35 bits per heavy atom. The van der Waals surface area contributed by atoms with Crippen molar-refractivity contribution in [2.24, 2.45) is 5.73 Å². The van der Waals surface area contributed by atoms with Crippen molar-refractivity contribution in [3.63, 3.8) is 0 Å². The summed E-state index contributed by atoms with van der Waals surface area (Å²) in [5.74, 6) is 1.22.